The molecule has 2 aliphatic heterocycles. The molecule has 3 aromatic rings. The Balaban J connectivity index is 1.49. The van der Waals surface area contributed by atoms with Crippen LogP contribution in [0.3, 0.4) is 0 Å². The molecule has 4 aliphatic rings. The highest BCUT2D eigenvalue weighted by molar-refractivity contribution is 6.17. The van der Waals surface area contributed by atoms with Gasteiger partial charge in [0.2, 0.25) is 11.8 Å². The number of carbonyl (C=O) groups excluding carboxylic acids is 5. The van der Waals surface area contributed by atoms with Gasteiger partial charge in [-0.1, -0.05) is 65.7 Å². The number of urea groups is 1. The molecule has 3 aromatic carbocycles. The number of anilines is 1. The molecule has 2 saturated heterocycles. The van der Waals surface area contributed by atoms with E-state index in [0.717, 1.165) is 10.6 Å². The molecule has 6 atom stereocenters. The van der Waals surface area contributed by atoms with Gasteiger partial charge in [0.05, 0.1) is 36.0 Å². The fourth-order valence-electron chi connectivity index (χ4n) is 8.28. The van der Waals surface area contributed by atoms with E-state index in [9.17, 15) is 24.3 Å². The van der Waals surface area contributed by atoms with Gasteiger partial charge in [-0.2, -0.15) is 9.91 Å². The molecule has 46 heavy (non-hydrogen) atoms. The van der Waals surface area contributed by atoms with Gasteiger partial charge in [-0.3, -0.25) is 24.6 Å². The molecule has 0 aromatic heterocycles. The van der Waals surface area contributed by atoms with Gasteiger partial charge < -0.3 is 15.6 Å². The van der Waals surface area contributed by atoms with Gasteiger partial charge in [-0.15, -0.1) is 0 Å². The zero-order chi connectivity index (χ0) is 32.5. The predicted octanol–water partition coefficient (Wildman–Crippen LogP) is 3.77. The lowest BCUT2D eigenvalue weighted by Crippen LogP contribution is -2.53. The van der Waals surface area contributed by atoms with E-state index in [1.807, 2.05) is 31.2 Å². The van der Waals surface area contributed by atoms with Crippen molar-refractivity contribution in [1.82, 2.24) is 9.91 Å². The number of phenolic OH excluding ortho intramolecular Hbond substituents is 1. The van der Waals surface area contributed by atoms with Crippen molar-refractivity contribution < 1.29 is 33.8 Å². The van der Waals surface area contributed by atoms with Crippen molar-refractivity contribution in [3.05, 3.63) is 101 Å². The number of rotatable bonds is 5. The highest BCUT2D eigenvalue weighted by atomic mass is 16.5. The minimum absolute atomic E-state index is 0.0383. The minimum Gasteiger partial charge on any atom is -0.508 e. The molecule has 11 heteroatoms. The lowest BCUT2D eigenvalue weighted by molar-refractivity contribution is -0.139. The summed E-state index contributed by atoms with van der Waals surface area (Å²) in [6, 6.07) is 19.8. The first-order chi connectivity index (χ1) is 22.1. The van der Waals surface area contributed by atoms with Crippen molar-refractivity contribution in [2.75, 3.05) is 12.5 Å². The van der Waals surface area contributed by atoms with Gasteiger partial charge in [0.15, 0.2) is 0 Å². The lowest BCUT2D eigenvalue weighted by Gasteiger charge is -2.50. The van der Waals surface area contributed by atoms with Crippen LogP contribution in [-0.2, 0) is 24.6 Å². The Hall–Kier alpha value is -5.45. The quantitative estimate of drug-likeness (QED) is 0.287. The number of methoxy groups -OCH3 is 1. The molecule has 0 bridgehead atoms. The number of phenols is 1. The largest absolute Gasteiger partial charge is 0.508 e. The first kappa shape index (κ1) is 29.3. The topological polar surface area (TPSA) is 159 Å². The number of nitrogens with two attached hydrogens (primary N) is 1. The van der Waals surface area contributed by atoms with Crippen LogP contribution >= 0.6 is 0 Å². The second-order valence-electron chi connectivity index (χ2n) is 12.3. The van der Waals surface area contributed by atoms with Gasteiger partial charge in [0.1, 0.15) is 11.5 Å². The second-order valence-corrected chi connectivity index (χ2v) is 12.3. The van der Waals surface area contributed by atoms with Crippen molar-refractivity contribution in [3.8, 4) is 11.5 Å². The summed E-state index contributed by atoms with van der Waals surface area (Å²) in [7, 11) is 1.45. The van der Waals surface area contributed by atoms with Crippen LogP contribution in [0, 0.1) is 30.6 Å². The molecule has 234 valence electrons. The number of hydrogen-bond acceptors (Lipinski definition) is 8. The van der Waals surface area contributed by atoms with E-state index in [2.05, 4.69) is 5.43 Å². The Morgan fingerprint density at radius 1 is 0.935 bits per heavy atom. The number of hydrogen-bond donors (Lipinski definition) is 3. The Bertz CT molecular complexity index is 1840. The van der Waals surface area contributed by atoms with Crippen molar-refractivity contribution in [1.29, 1.82) is 0 Å². The maximum absolute atomic E-state index is 15.1. The maximum atomic E-state index is 15.1. The van der Waals surface area contributed by atoms with Gasteiger partial charge in [0.25, 0.3) is 11.8 Å². The van der Waals surface area contributed by atoms with Crippen LogP contribution in [0.15, 0.2) is 84.4 Å². The van der Waals surface area contributed by atoms with Crippen LogP contribution in [0.2, 0.25) is 0 Å². The van der Waals surface area contributed by atoms with Crippen molar-refractivity contribution in [2.45, 2.75) is 31.1 Å². The number of hydrazine groups is 1. The molecule has 3 fully saturated rings. The number of nitrogens with zero attached hydrogens (tertiary/aromatic N) is 2. The Morgan fingerprint density at radius 2 is 1.65 bits per heavy atom. The fraction of sp³-hybridized carbons (Fsp3) is 0.286. The number of primary amides is 1. The van der Waals surface area contributed by atoms with Crippen LogP contribution in [0.25, 0.3) is 0 Å². The summed E-state index contributed by atoms with van der Waals surface area (Å²) in [6.07, 6.45) is 1.98. The zero-order valence-electron chi connectivity index (χ0n) is 25.2. The van der Waals surface area contributed by atoms with Crippen LogP contribution in [-0.4, -0.2) is 51.8 Å². The van der Waals surface area contributed by atoms with Crippen LogP contribution in [0.5, 0.6) is 11.5 Å². The summed E-state index contributed by atoms with van der Waals surface area (Å²) in [5, 5.41) is 12.5. The average molecular weight is 621 g/mol. The standard InChI is InChI=1S/C35H32N4O7/c1-18-11-13-20(14-12-18)37-39-31(42)24-17-23-21(15-16-22-27(23)32(43)38(30(22)41)34(36)45)29(28-25(40)9-6-10-26(28)46-2)35(24,33(39)44)19-7-4-3-5-8-19/h3-15,22-24,27,29,37,40H,16-17H2,1-2H3,(H2,36,45)/t22-,23+,24-,27-,29+,35+/m0/s1. The predicted molar refractivity (Wildman–Crippen MR) is 165 cm³/mol. The van der Waals surface area contributed by atoms with E-state index in [1.165, 1.54) is 13.2 Å². The molecular formula is C35H32N4O7. The maximum Gasteiger partial charge on any atom is 0.328 e. The molecule has 6 amide bonds. The number of fused-ring (bicyclic) bond motifs is 4. The average Bonchev–Trinajstić information content (AvgIpc) is 3.43. The van der Waals surface area contributed by atoms with E-state index >= 15 is 4.79 Å². The van der Waals surface area contributed by atoms with E-state index < -0.39 is 64.7 Å². The monoisotopic (exact) mass is 620 g/mol. The number of carbonyl (C=O) groups is 5. The minimum atomic E-state index is -1.58. The number of ether oxygens (including phenoxy) is 1. The first-order valence-electron chi connectivity index (χ1n) is 15.1. The number of imide groups is 4. The van der Waals surface area contributed by atoms with E-state index in [0.29, 0.717) is 27.5 Å². The normalized spacial score (nSPS) is 28.4. The van der Waals surface area contributed by atoms with Crippen LogP contribution in [0.4, 0.5) is 10.5 Å². The van der Waals surface area contributed by atoms with Gasteiger partial charge in [-0.05, 0) is 55.5 Å². The van der Waals surface area contributed by atoms with Gasteiger partial charge in [0, 0.05) is 11.5 Å². The third-order valence-electron chi connectivity index (χ3n) is 10.2. The highest BCUT2D eigenvalue weighted by Crippen LogP contribution is 2.65. The third kappa shape index (κ3) is 3.93. The molecule has 2 heterocycles. The fourth-order valence-corrected chi connectivity index (χ4v) is 8.28. The van der Waals surface area contributed by atoms with Crippen molar-refractivity contribution >= 4 is 35.3 Å². The Morgan fingerprint density at radius 3 is 2.33 bits per heavy atom. The summed E-state index contributed by atoms with van der Waals surface area (Å²) in [6.45, 7) is 1.93. The summed E-state index contributed by atoms with van der Waals surface area (Å²) in [4.78, 5) is 69.4. The van der Waals surface area contributed by atoms with Crippen molar-refractivity contribution in [3.63, 3.8) is 0 Å². The lowest BCUT2D eigenvalue weighted by atomic mass is 9.49. The zero-order valence-corrected chi connectivity index (χ0v) is 25.2. The number of amides is 6. The SMILES string of the molecule is COc1cccc(O)c1[C@H]1C2=CC[C@@H]3C(=O)N(C(N)=O)C(=O)[C@@H]3[C@@H]2C[C@H]2C(=O)N(Nc3ccc(C)cc3)C(=O)[C@@]12c1ccccc1. The summed E-state index contributed by atoms with van der Waals surface area (Å²) in [5.41, 5.74) is 9.90. The summed E-state index contributed by atoms with van der Waals surface area (Å²) >= 11 is 0. The molecule has 11 nitrogen and oxygen atoms in total. The molecule has 0 spiro atoms. The number of allylic oxidation sites excluding steroid dienone is 2. The number of aryl methyl sites for hydroxylation is 1. The summed E-state index contributed by atoms with van der Waals surface area (Å²) in [5.74, 6) is -6.85. The van der Waals surface area contributed by atoms with Gasteiger partial charge >= 0.3 is 6.03 Å². The molecule has 7 rings (SSSR count). The van der Waals surface area contributed by atoms with Gasteiger partial charge in [-0.25, -0.2) is 4.79 Å². The first-order valence-corrected chi connectivity index (χ1v) is 15.1. The van der Waals surface area contributed by atoms with E-state index in [1.54, 1.807) is 48.5 Å². The van der Waals surface area contributed by atoms with E-state index in [4.69, 9.17) is 10.5 Å². The van der Waals surface area contributed by atoms with Crippen LogP contribution in [0.1, 0.15) is 35.4 Å². The highest BCUT2D eigenvalue weighted by Gasteiger charge is 2.71. The smallest absolute Gasteiger partial charge is 0.328 e. The van der Waals surface area contributed by atoms with E-state index in [-0.39, 0.29) is 24.2 Å². The number of aromatic hydroxyl groups is 1. The Kier molecular flexibility index (Phi) is 6.73. The number of benzene rings is 3. The number of likely N-dealkylation sites (tertiary alicyclic amines) is 1. The Labute approximate surface area is 264 Å². The van der Waals surface area contributed by atoms with Crippen molar-refractivity contribution in [2.24, 2.45) is 29.4 Å². The molecule has 2 aliphatic carbocycles. The molecule has 1 saturated carbocycles. The number of nitrogens with one attached hydrogen (secondary N) is 1. The van der Waals surface area contributed by atoms with Crippen LogP contribution < -0.4 is 15.9 Å². The second kappa shape index (κ2) is 10.6. The third-order valence-corrected chi connectivity index (χ3v) is 10.2. The summed E-state index contributed by atoms with van der Waals surface area (Å²) < 4.78 is 5.75. The molecular weight excluding hydrogens is 588 g/mol. The molecule has 0 radical (unpaired) electrons. The molecule has 4 N–H and O–H groups in total. The molecule has 0 unspecified atom stereocenters.